The second kappa shape index (κ2) is 42.9. The van der Waals surface area contributed by atoms with Crippen LogP contribution in [0.25, 0.3) is 0 Å². The number of carbonyl (C=O) groups excluding carboxylic acids is 3. The maximum atomic E-state index is 12.7. The molecule has 8 heteroatoms. The Hall–Kier alpha value is -3.75. The van der Waals surface area contributed by atoms with Gasteiger partial charge in [0.05, 0.1) is 40.3 Å². The number of carboxylic acids is 1. The van der Waals surface area contributed by atoms with Gasteiger partial charge in [0.15, 0.2) is 6.10 Å². The summed E-state index contributed by atoms with van der Waals surface area (Å²) in [7, 11) is 5.38. The third kappa shape index (κ3) is 41.4. The Morgan fingerprint density at radius 1 is 0.508 bits per heavy atom. The Morgan fingerprint density at radius 3 is 1.41 bits per heavy atom. The predicted octanol–water partition coefficient (Wildman–Crippen LogP) is 12.1. The van der Waals surface area contributed by atoms with Gasteiger partial charge < -0.3 is 28.6 Å². The first-order chi connectivity index (χ1) is 29.6. The van der Waals surface area contributed by atoms with Gasteiger partial charge in [-0.25, -0.2) is 0 Å². The molecule has 0 aliphatic carbocycles. The highest BCUT2D eigenvalue weighted by Crippen LogP contribution is 2.12. The van der Waals surface area contributed by atoms with Crippen LogP contribution >= 0.6 is 0 Å². The number of nitrogens with zero attached hydrogens (tertiary/aromatic N) is 1. The molecule has 0 N–H and O–H groups in total. The van der Waals surface area contributed by atoms with E-state index in [9.17, 15) is 19.5 Å². The first-order valence-electron chi connectivity index (χ1n) is 23.8. The van der Waals surface area contributed by atoms with Crippen molar-refractivity contribution in [3.63, 3.8) is 0 Å². The van der Waals surface area contributed by atoms with E-state index < -0.39 is 18.1 Å². The minimum Gasteiger partial charge on any atom is -0.544 e. The van der Waals surface area contributed by atoms with Crippen LogP contribution in [0.15, 0.2) is 97.2 Å². The number of allylic oxidation sites excluding steroid dienone is 16. The van der Waals surface area contributed by atoms with Crippen molar-refractivity contribution < 1.29 is 38.2 Å². The number of likely N-dealkylation sites (N-methyl/N-ethyl adjacent to an activating group) is 1. The van der Waals surface area contributed by atoms with Crippen LogP contribution in [0, 0.1) is 0 Å². The highest BCUT2D eigenvalue weighted by atomic mass is 16.6. The third-order valence-electron chi connectivity index (χ3n) is 9.95. The lowest BCUT2D eigenvalue weighted by Gasteiger charge is -2.34. The van der Waals surface area contributed by atoms with Gasteiger partial charge in [0, 0.05) is 19.3 Å². The van der Waals surface area contributed by atoms with Gasteiger partial charge in [0.1, 0.15) is 12.6 Å². The molecule has 0 saturated carbocycles. The van der Waals surface area contributed by atoms with Gasteiger partial charge in [0.25, 0.3) is 0 Å². The molecular formula is C53H87NO7. The Labute approximate surface area is 373 Å². The van der Waals surface area contributed by atoms with Crippen molar-refractivity contribution in [2.45, 2.75) is 180 Å². The van der Waals surface area contributed by atoms with E-state index >= 15 is 0 Å². The lowest BCUT2D eigenvalue weighted by atomic mass is 10.1. The Kier molecular flexibility index (Phi) is 40.3. The number of aliphatic carboxylic acids is 1. The minimum absolute atomic E-state index is 0.00931. The molecule has 8 nitrogen and oxygen atoms in total. The van der Waals surface area contributed by atoms with E-state index in [-0.39, 0.29) is 49.1 Å². The van der Waals surface area contributed by atoms with E-state index in [2.05, 4.69) is 111 Å². The van der Waals surface area contributed by atoms with Gasteiger partial charge in [-0.3, -0.25) is 9.59 Å². The fourth-order valence-corrected chi connectivity index (χ4v) is 6.29. The van der Waals surface area contributed by atoms with Crippen molar-refractivity contribution >= 4 is 17.9 Å². The summed E-state index contributed by atoms with van der Waals surface area (Å²) in [4.78, 5) is 36.9. The molecular weight excluding hydrogens is 763 g/mol. The smallest absolute Gasteiger partial charge is 0.306 e. The van der Waals surface area contributed by atoms with Gasteiger partial charge in [-0.2, -0.15) is 0 Å². The summed E-state index contributed by atoms with van der Waals surface area (Å²) in [6.07, 6.45) is 57.2. The summed E-state index contributed by atoms with van der Waals surface area (Å²) in [6.45, 7) is 4.44. The molecule has 0 aliphatic rings. The van der Waals surface area contributed by atoms with Gasteiger partial charge in [0.2, 0.25) is 0 Å². The lowest BCUT2D eigenvalue weighted by Crippen LogP contribution is -2.55. The van der Waals surface area contributed by atoms with Crippen molar-refractivity contribution in [1.29, 1.82) is 0 Å². The zero-order valence-electron chi connectivity index (χ0n) is 39.3. The number of hydrogen-bond donors (Lipinski definition) is 0. The van der Waals surface area contributed by atoms with E-state index in [1.165, 1.54) is 44.9 Å². The maximum absolute atomic E-state index is 12.7. The van der Waals surface area contributed by atoms with Crippen molar-refractivity contribution in [2.24, 2.45) is 0 Å². The van der Waals surface area contributed by atoms with Gasteiger partial charge in [-0.1, -0.05) is 156 Å². The second-order valence-corrected chi connectivity index (χ2v) is 16.6. The average Bonchev–Trinajstić information content (AvgIpc) is 3.22. The van der Waals surface area contributed by atoms with E-state index in [4.69, 9.17) is 14.2 Å². The highest BCUT2D eigenvalue weighted by Gasteiger charge is 2.25. The first-order valence-corrected chi connectivity index (χ1v) is 23.8. The Balaban J connectivity index is 4.42. The SMILES string of the molecule is CC/C=C/C/C=C/C/C=C/C/C=C/CCCCCCCCCC(=O)OCC(COCCC(C(=O)[O-])[N+](C)(C)C)OC(=O)CCC/C=C/C/C=C/C/C=C/C/C=C/CCCCC. The topological polar surface area (TPSA) is 102 Å². The van der Waals surface area contributed by atoms with Crippen LogP contribution in [-0.2, 0) is 28.6 Å². The summed E-state index contributed by atoms with van der Waals surface area (Å²) in [5.74, 6) is -1.83. The summed E-state index contributed by atoms with van der Waals surface area (Å²) < 4.78 is 17.1. The minimum atomic E-state index is -1.14. The van der Waals surface area contributed by atoms with E-state index in [1.54, 1.807) is 21.1 Å². The summed E-state index contributed by atoms with van der Waals surface area (Å²) in [5, 5.41) is 11.6. The number of carboxylic acid groups (broad SMARTS) is 1. The Bertz CT molecular complexity index is 1310. The molecule has 0 saturated heterocycles. The molecule has 0 heterocycles. The van der Waals surface area contributed by atoms with Gasteiger partial charge in [-0.05, 0) is 89.9 Å². The van der Waals surface area contributed by atoms with E-state index in [0.29, 0.717) is 12.8 Å². The number of unbranched alkanes of at least 4 members (excludes halogenated alkanes) is 11. The standard InChI is InChI=1S/C53H87NO7/c1-6-8-10-12-14-16-18-20-22-24-25-26-28-29-31-33-35-37-39-41-43-51(55)60-48-49(47-59-46-45-50(53(57)58)54(3,4)5)61-52(56)44-42-40-38-36-34-32-30-27-23-21-19-17-15-13-11-9-7-2/h8,10,14-17,20-23,25-26,30,32,36,38,49-50H,6-7,9,11-13,18-19,24,27-29,31,33-35,37,39-48H2,1-5H3/b10-8+,16-14+,17-15+,22-20+,23-21+,26-25+,32-30+,38-36+. The van der Waals surface area contributed by atoms with Gasteiger partial charge >= 0.3 is 11.9 Å². The number of hydrogen-bond acceptors (Lipinski definition) is 7. The predicted molar refractivity (Wildman–Crippen MR) is 254 cm³/mol. The van der Waals surface area contributed by atoms with Crippen molar-refractivity contribution in [3.8, 4) is 0 Å². The molecule has 0 aromatic heterocycles. The summed E-state index contributed by atoms with van der Waals surface area (Å²) >= 11 is 0. The molecule has 346 valence electrons. The third-order valence-corrected chi connectivity index (χ3v) is 9.95. The molecule has 0 fully saturated rings. The number of rotatable bonds is 41. The van der Waals surface area contributed by atoms with Crippen LogP contribution in [0.4, 0.5) is 0 Å². The molecule has 0 bridgehead atoms. The lowest BCUT2D eigenvalue weighted by molar-refractivity contribution is -0.889. The molecule has 0 amide bonds. The molecule has 2 unspecified atom stereocenters. The van der Waals surface area contributed by atoms with Crippen LogP contribution in [0.5, 0.6) is 0 Å². The Morgan fingerprint density at radius 2 is 0.934 bits per heavy atom. The fourth-order valence-electron chi connectivity index (χ4n) is 6.29. The van der Waals surface area contributed by atoms with Crippen LogP contribution < -0.4 is 5.11 Å². The van der Waals surface area contributed by atoms with Crippen molar-refractivity contribution in [3.05, 3.63) is 97.2 Å². The maximum Gasteiger partial charge on any atom is 0.306 e. The average molecular weight is 850 g/mol. The van der Waals surface area contributed by atoms with Crippen molar-refractivity contribution in [2.75, 3.05) is 41.0 Å². The van der Waals surface area contributed by atoms with Crippen LogP contribution in [0.2, 0.25) is 0 Å². The molecule has 0 aliphatic heterocycles. The van der Waals surface area contributed by atoms with E-state index in [0.717, 1.165) is 83.5 Å². The van der Waals surface area contributed by atoms with Gasteiger partial charge in [-0.15, -0.1) is 0 Å². The van der Waals surface area contributed by atoms with E-state index in [1.807, 2.05) is 0 Å². The largest absolute Gasteiger partial charge is 0.544 e. The zero-order chi connectivity index (χ0) is 44.9. The number of carbonyl (C=O) groups is 3. The molecule has 0 rings (SSSR count). The number of quaternary nitrogens is 1. The molecule has 0 aromatic carbocycles. The second-order valence-electron chi connectivity index (χ2n) is 16.6. The monoisotopic (exact) mass is 850 g/mol. The summed E-state index contributed by atoms with van der Waals surface area (Å²) in [6, 6.07) is -0.743. The molecule has 0 spiro atoms. The summed E-state index contributed by atoms with van der Waals surface area (Å²) in [5.41, 5.74) is 0. The first kappa shape index (κ1) is 57.2. The molecule has 0 radical (unpaired) electrons. The van der Waals surface area contributed by atoms with Crippen LogP contribution in [-0.4, -0.2) is 75.5 Å². The zero-order valence-corrected chi connectivity index (χ0v) is 39.3. The van der Waals surface area contributed by atoms with Crippen LogP contribution in [0.3, 0.4) is 0 Å². The molecule has 2 atom stereocenters. The fraction of sp³-hybridized carbons (Fsp3) is 0.642. The molecule has 61 heavy (non-hydrogen) atoms. The number of ether oxygens (including phenoxy) is 3. The normalized spacial score (nSPS) is 13.8. The van der Waals surface area contributed by atoms with Crippen molar-refractivity contribution in [1.82, 2.24) is 0 Å². The quantitative estimate of drug-likeness (QED) is 0.0261. The number of esters is 2. The van der Waals surface area contributed by atoms with Crippen LogP contribution in [0.1, 0.15) is 168 Å². The molecule has 0 aromatic rings. The highest BCUT2D eigenvalue weighted by molar-refractivity contribution is 5.70.